The summed E-state index contributed by atoms with van der Waals surface area (Å²) in [4.78, 5) is 20.6. The molecule has 2 fully saturated rings. The molecule has 1 atom stereocenters. The molecule has 3 heterocycles. The van der Waals surface area contributed by atoms with Crippen LogP contribution >= 0.6 is 0 Å². The minimum absolute atomic E-state index is 0.00834. The first-order chi connectivity index (χ1) is 19.5. The third-order valence-corrected chi connectivity index (χ3v) is 8.36. The molecule has 1 N–H and O–H groups in total. The standard InChI is InChI=1S/C32H31N7O/c1-19(34-16-20-3-4-20)23-8-9-24-17-39(32(40)27(24)12-23)30-14-25(13-29(36-30)22-6-7-22)26-10-5-21(15-33)11-28(26)31-37-35-18-38(31)2/h5,8-14,18-20,22,34H,3-4,6-7,16-17H2,1-2H3/t19-/m0/s1. The predicted octanol–water partition coefficient (Wildman–Crippen LogP) is 5.51. The number of fused-ring (bicyclic) bond motifs is 1. The Morgan fingerprint density at radius 2 is 1.90 bits per heavy atom. The van der Waals surface area contributed by atoms with E-state index in [1.807, 2.05) is 35.9 Å². The number of aryl methyl sites for hydroxylation is 1. The Morgan fingerprint density at radius 3 is 2.62 bits per heavy atom. The zero-order valence-corrected chi connectivity index (χ0v) is 22.8. The van der Waals surface area contributed by atoms with E-state index < -0.39 is 0 Å². The summed E-state index contributed by atoms with van der Waals surface area (Å²) in [5, 5.41) is 21.6. The van der Waals surface area contributed by atoms with Gasteiger partial charge in [0, 0.05) is 35.8 Å². The lowest BCUT2D eigenvalue weighted by atomic mass is 9.96. The quantitative estimate of drug-likeness (QED) is 0.323. The highest BCUT2D eigenvalue weighted by Gasteiger charge is 2.33. The van der Waals surface area contributed by atoms with Gasteiger partial charge >= 0.3 is 0 Å². The van der Waals surface area contributed by atoms with Crippen LogP contribution in [0.15, 0.2) is 54.9 Å². The molecule has 8 nitrogen and oxygen atoms in total. The number of carbonyl (C=O) groups excluding carboxylic acids is 1. The fourth-order valence-electron chi connectivity index (χ4n) is 5.55. The van der Waals surface area contributed by atoms with Crippen LogP contribution in [0.1, 0.15) is 77.3 Å². The lowest BCUT2D eigenvalue weighted by molar-refractivity contribution is 0.0996. The first-order valence-corrected chi connectivity index (χ1v) is 14.1. The molecule has 8 heteroatoms. The van der Waals surface area contributed by atoms with Crippen molar-refractivity contribution < 1.29 is 4.79 Å². The van der Waals surface area contributed by atoms with Crippen molar-refractivity contribution in [3.8, 4) is 28.6 Å². The van der Waals surface area contributed by atoms with Crippen LogP contribution in [-0.2, 0) is 13.6 Å². The molecule has 0 radical (unpaired) electrons. The molecule has 0 unspecified atom stereocenters. The molecule has 1 aliphatic heterocycles. The average Bonchev–Trinajstić information content (AvgIpc) is 3.91. The Kier molecular flexibility index (Phi) is 5.97. The molecule has 7 rings (SSSR count). The van der Waals surface area contributed by atoms with Gasteiger partial charge in [-0.1, -0.05) is 18.2 Å². The summed E-state index contributed by atoms with van der Waals surface area (Å²) in [5.74, 6) is 2.54. The van der Waals surface area contributed by atoms with Crippen LogP contribution in [0.25, 0.3) is 22.5 Å². The first-order valence-electron chi connectivity index (χ1n) is 14.1. The SMILES string of the molecule is C[C@H](NCC1CC1)c1ccc2c(c1)C(=O)N(c1cc(-c3ccc(C#N)cc3-c3nncn3C)cc(C3CC3)n1)C2. The van der Waals surface area contributed by atoms with Gasteiger partial charge in [-0.25, -0.2) is 4.98 Å². The fraction of sp³-hybridized carbons (Fsp3) is 0.344. The van der Waals surface area contributed by atoms with E-state index in [0.717, 1.165) is 64.4 Å². The molecule has 40 heavy (non-hydrogen) atoms. The third kappa shape index (κ3) is 4.56. The molecule has 1 amide bonds. The molecule has 0 saturated heterocycles. The van der Waals surface area contributed by atoms with E-state index >= 15 is 0 Å². The van der Waals surface area contributed by atoms with E-state index in [4.69, 9.17) is 4.98 Å². The van der Waals surface area contributed by atoms with Gasteiger partial charge in [-0.05, 0) is 97.7 Å². The molecule has 200 valence electrons. The normalized spacial score (nSPS) is 17.1. The molecule has 4 aromatic rings. The van der Waals surface area contributed by atoms with Gasteiger partial charge in [0.25, 0.3) is 5.91 Å². The number of nitrogens with zero attached hydrogens (tertiary/aromatic N) is 6. The van der Waals surface area contributed by atoms with Crippen molar-refractivity contribution in [1.82, 2.24) is 25.1 Å². The van der Waals surface area contributed by atoms with E-state index in [2.05, 4.69) is 52.8 Å². The van der Waals surface area contributed by atoms with Gasteiger partial charge in [0.05, 0.1) is 18.2 Å². The summed E-state index contributed by atoms with van der Waals surface area (Å²) >= 11 is 0. The van der Waals surface area contributed by atoms with Crippen molar-refractivity contribution >= 4 is 11.7 Å². The van der Waals surface area contributed by atoms with Crippen LogP contribution in [0, 0.1) is 17.2 Å². The van der Waals surface area contributed by atoms with Gasteiger partial charge in [0.2, 0.25) is 0 Å². The van der Waals surface area contributed by atoms with Crippen LogP contribution in [-0.4, -0.2) is 32.2 Å². The second-order valence-electron chi connectivity index (χ2n) is 11.4. The largest absolute Gasteiger partial charge is 0.317 e. The van der Waals surface area contributed by atoms with E-state index in [1.165, 1.54) is 12.8 Å². The van der Waals surface area contributed by atoms with Crippen molar-refractivity contribution in [2.24, 2.45) is 13.0 Å². The van der Waals surface area contributed by atoms with Crippen molar-refractivity contribution in [1.29, 1.82) is 5.26 Å². The Labute approximate surface area is 233 Å². The second-order valence-corrected chi connectivity index (χ2v) is 11.4. The van der Waals surface area contributed by atoms with Crippen molar-refractivity contribution in [2.45, 2.75) is 51.1 Å². The van der Waals surface area contributed by atoms with E-state index in [9.17, 15) is 10.1 Å². The van der Waals surface area contributed by atoms with Gasteiger partial charge in [-0.2, -0.15) is 5.26 Å². The maximum Gasteiger partial charge on any atom is 0.260 e. The second kappa shape index (κ2) is 9.68. The van der Waals surface area contributed by atoms with Gasteiger partial charge in [0.15, 0.2) is 5.82 Å². The molecular weight excluding hydrogens is 498 g/mol. The Morgan fingerprint density at radius 1 is 1.05 bits per heavy atom. The number of carbonyl (C=O) groups is 1. The lowest BCUT2D eigenvalue weighted by Gasteiger charge is -2.18. The predicted molar refractivity (Wildman–Crippen MR) is 152 cm³/mol. The summed E-state index contributed by atoms with van der Waals surface area (Å²) in [6.45, 7) is 3.70. The van der Waals surface area contributed by atoms with Crippen LogP contribution in [0.2, 0.25) is 0 Å². The number of pyridine rings is 1. The maximum atomic E-state index is 13.8. The van der Waals surface area contributed by atoms with Crippen molar-refractivity contribution in [3.05, 3.63) is 82.8 Å². The highest BCUT2D eigenvalue weighted by Crippen LogP contribution is 2.43. The summed E-state index contributed by atoms with van der Waals surface area (Å²) in [7, 11) is 1.89. The molecule has 0 spiro atoms. The maximum absolute atomic E-state index is 13.8. The molecule has 0 bridgehead atoms. The van der Waals surface area contributed by atoms with Gasteiger partial charge in [0.1, 0.15) is 12.1 Å². The molecule has 3 aliphatic rings. The number of hydrogen-bond acceptors (Lipinski definition) is 6. The third-order valence-electron chi connectivity index (χ3n) is 8.36. The number of rotatable bonds is 8. The van der Waals surface area contributed by atoms with E-state index in [0.29, 0.717) is 29.7 Å². The van der Waals surface area contributed by atoms with Crippen LogP contribution in [0.3, 0.4) is 0 Å². The average molecular weight is 530 g/mol. The topological polar surface area (TPSA) is 99.7 Å². The number of nitriles is 1. The number of benzene rings is 2. The highest BCUT2D eigenvalue weighted by molar-refractivity contribution is 6.10. The Balaban J connectivity index is 1.26. The Bertz CT molecular complexity index is 1680. The van der Waals surface area contributed by atoms with Crippen LogP contribution in [0.4, 0.5) is 5.82 Å². The van der Waals surface area contributed by atoms with Crippen molar-refractivity contribution in [3.63, 3.8) is 0 Å². The molecule has 2 saturated carbocycles. The number of anilines is 1. The number of aromatic nitrogens is 4. The van der Waals surface area contributed by atoms with Gasteiger partial charge in [-0.3, -0.25) is 9.69 Å². The first kappa shape index (κ1) is 24.7. The molecule has 2 aromatic carbocycles. The molecule has 2 aromatic heterocycles. The number of hydrogen-bond donors (Lipinski definition) is 1. The minimum Gasteiger partial charge on any atom is -0.317 e. The lowest BCUT2D eigenvalue weighted by Crippen LogP contribution is -2.24. The zero-order chi connectivity index (χ0) is 27.4. The molecule has 2 aliphatic carbocycles. The fourth-order valence-corrected chi connectivity index (χ4v) is 5.55. The minimum atomic E-state index is -0.00834. The van der Waals surface area contributed by atoms with E-state index in [1.54, 1.807) is 11.2 Å². The molecular formula is C32H31N7O. The summed E-state index contributed by atoms with van der Waals surface area (Å²) < 4.78 is 1.85. The number of amides is 1. The summed E-state index contributed by atoms with van der Waals surface area (Å²) in [6, 6.07) is 18.5. The number of nitrogens with one attached hydrogen (secondary N) is 1. The summed E-state index contributed by atoms with van der Waals surface area (Å²) in [5.41, 5.74) is 7.20. The van der Waals surface area contributed by atoms with Crippen LogP contribution in [0.5, 0.6) is 0 Å². The van der Waals surface area contributed by atoms with Gasteiger partial charge in [-0.15, -0.1) is 10.2 Å². The monoisotopic (exact) mass is 529 g/mol. The van der Waals surface area contributed by atoms with Gasteiger partial charge < -0.3 is 9.88 Å². The van der Waals surface area contributed by atoms with Crippen molar-refractivity contribution in [2.75, 3.05) is 11.4 Å². The smallest absolute Gasteiger partial charge is 0.260 e. The summed E-state index contributed by atoms with van der Waals surface area (Å²) in [6.07, 6.45) is 6.48. The van der Waals surface area contributed by atoms with Crippen LogP contribution < -0.4 is 10.2 Å². The zero-order valence-electron chi connectivity index (χ0n) is 22.8. The highest BCUT2D eigenvalue weighted by atomic mass is 16.2. The van der Waals surface area contributed by atoms with E-state index in [-0.39, 0.29) is 11.9 Å². The Hall–Kier alpha value is -4.35.